The van der Waals surface area contributed by atoms with Gasteiger partial charge in [-0.2, -0.15) is 0 Å². The molecule has 4 rings (SSSR count). The fourth-order valence-corrected chi connectivity index (χ4v) is 4.16. The number of methoxy groups -OCH3 is 1. The van der Waals surface area contributed by atoms with Crippen molar-refractivity contribution < 1.29 is 9.53 Å². The molecule has 1 atom stereocenters. The Kier molecular flexibility index (Phi) is 4.27. The van der Waals surface area contributed by atoms with E-state index in [1.807, 2.05) is 0 Å². The molecular formula is C19H25N3O2. The number of anilines is 1. The molecule has 24 heavy (non-hydrogen) atoms. The number of fused-ring (bicyclic) bond motifs is 3. The first-order chi connectivity index (χ1) is 11.8. The number of carbonyl (C=O) groups excluding carboxylic acids is 1. The third-order valence-corrected chi connectivity index (χ3v) is 5.43. The minimum absolute atomic E-state index is 0.0731. The van der Waals surface area contributed by atoms with Crippen LogP contribution in [0.5, 0.6) is 5.75 Å². The summed E-state index contributed by atoms with van der Waals surface area (Å²) in [7, 11) is 1.69. The summed E-state index contributed by atoms with van der Waals surface area (Å²) in [5, 5.41) is 6.70. The number of hydrogen-bond donors (Lipinski definition) is 2. The van der Waals surface area contributed by atoms with E-state index in [1.54, 1.807) is 7.11 Å². The maximum absolute atomic E-state index is 12.4. The quantitative estimate of drug-likeness (QED) is 0.894. The van der Waals surface area contributed by atoms with Crippen LogP contribution in [0.2, 0.25) is 0 Å². The van der Waals surface area contributed by atoms with Crippen molar-refractivity contribution in [3.8, 4) is 5.75 Å². The van der Waals surface area contributed by atoms with Gasteiger partial charge in [0.2, 0.25) is 5.91 Å². The molecule has 1 saturated carbocycles. The summed E-state index contributed by atoms with van der Waals surface area (Å²) >= 11 is 0. The van der Waals surface area contributed by atoms with Crippen LogP contribution in [0.3, 0.4) is 0 Å². The predicted molar refractivity (Wildman–Crippen MR) is 94.8 cm³/mol. The SMILES string of the molecule is COc1cc(CNC2CCCC2)cc2c1C1=NCCCC1C(=O)N2. The van der Waals surface area contributed by atoms with Gasteiger partial charge in [0.1, 0.15) is 5.75 Å². The zero-order valence-electron chi connectivity index (χ0n) is 14.2. The number of nitrogens with zero attached hydrogens (tertiary/aromatic N) is 1. The van der Waals surface area contributed by atoms with Gasteiger partial charge >= 0.3 is 0 Å². The van der Waals surface area contributed by atoms with Crippen LogP contribution in [0.15, 0.2) is 17.1 Å². The van der Waals surface area contributed by atoms with Crippen LogP contribution in [0.1, 0.15) is 49.7 Å². The molecule has 0 aromatic heterocycles. The fraction of sp³-hybridized carbons (Fsp3) is 0.579. The predicted octanol–water partition coefficient (Wildman–Crippen LogP) is 2.88. The summed E-state index contributed by atoms with van der Waals surface area (Å²) in [5.74, 6) is 0.771. The molecule has 0 spiro atoms. The summed E-state index contributed by atoms with van der Waals surface area (Å²) < 4.78 is 5.65. The second-order valence-corrected chi connectivity index (χ2v) is 7.03. The molecule has 2 aliphatic heterocycles. The first-order valence-corrected chi connectivity index (χ1v) is 9.06. The van der Waals surface area contributed by atoms with Crippen molar-refractivity contribution in [2.45, 2.75) is 51.1 Å². The molecule has 5 nitrogen and oxygen atoms in total. The minimum atomic E-state index is -0.123. The van der Waals surface area contributed by atoms with Gasteiger partial charge in [0.25, 0.3) is 0 Å². The van der Waals surface area contributed by atoms with Crippen LogP contribution in [0, 0.1) is 5.92 Å². The highest BCUT2D eigenvalue weighted by Crippen LogP contribution is 2.37. The molecule has 0 saturated heterocycles. The molecule has 1 aromatic carbocycles. The smallest absolute Gasteiger partial charge is 0.233 e. The Hall–Kier alpha value is -1.88. The Morgan fingerprint density at radius 1 is 1.25 bits per heavy atom. The van der Waals surface area contributed by atoms with Gasteiger partial charge in [-0.1, -0.05) is 12.8 Å². The van der Waals surface area contributed by atoms with Crippen LogP contribution in [-0.4, -0.2) is 31.3 Å². The van der Waals surface area contributed by atoms with Crippen LogP contribution < -0.4 is 15.4 Å². The second kappa shape index (κ2) is 6.55. The minimum Gasteiger partial charge on any atom is -0.496 e. The highest BCUT2D eigenvalue weighted by atomic mass is 16.5. The van der Waals surface area contributed by atoms with Gasteiger partial charge in [0, 0.05) is 19.1 Å². The lowest BCUT2D eigenvalue weighted by molar-refractivity contribution is -0.118. The molecule has 2 heterocycles. The van der Waals surface area contributed by atoms with Gasteiger partial charge in [0.15, 0.2) is 0 Å². The van der Waals surface area contributed by atoms with Crippen LogP contribution in [0.25, 0.3) is 0 Å². The van der Waals surface area contributed by atoms with Crippen LogP contribution in [0.4, 0.5) is 5.69 Å². The molecular weight excluding hydrogens is 302 g/mol. The molecule has 3 aliphatic rings. The Morgan fingerprint density at radius 2 is 2.08 bits per heavy atom. The summed E-state index contributed by atoms with van der Waals surface area (Å²) in [6, 6.07) is 4.78. The first kappa shape index (κ1) is 15.6. The Bertz CT molecular complexity index is 677. The monoisotopic (exact) mass is 327 g/mol. The van der Waals surface area contributed by atoms with Gasteiger partial charge in [-0.25, -0.2) is 0 Å². The molecule has 2 N–H and O–H groups in total. The highest BCUT2D eigenvalue weighted by Gasteiger charge is 2.36. The third kappa shape index (κ3) is 2.81. The van der Waals surface area contributed by atoms with Crippen molar-refractivity contribution in [1.82, 2.24) is 5.32 Å². The number of aliphatic imine (C=N–C) groups is 1. The summed E-state index contributed by atoms with van der Waals surface area (Å²) in [4.78, 5) is 17.1. The number of carbonyl (C=O) groups is 1. The number of ether oxygens (including phenoxy) is 1. The molecule has 5 heteroatoms. The maximum atomic E-state index is 12.4. The van der Waals surface area contributed by atoms with E-state index in [9.17, 15) is 4.79 Å². The molecule has 1 unspecified atom stereocenters. The van der Waals surface area contributed by atoms with E-state index in [0.29, 0.717) is 6.04 Å². The largest absolute Gasteiger partial charge is 0.496 e. The number of benzene rings is 1. The van der Waals surface area contributed by atoms with Crippen LogP contribution >= 0.6 is 0 Å². The third-order valence-electron chi connectivity index (χ3n) is 5.43. The summed E-state index contributed by atoms with van der Waals surface area (Å²) in [6.45, 7) is 1.60. The van der Waals surface area contributed by atoms with Gasteiger partial charge in [-0.3, -0.25) is 9.79 Å². The van der Waals surface area contributed by atoms with Crippen LogP contribution in [-0.2, 0) is 11.3 Å². The molecule has 0 bridgehead atoms. The van der Waals surface area contributed by atoms with E-state index < -0.39 is 0 Å². The van der Waals surface area contributed by atoms with Gasteiger partial charge in [-0.05, 0) is 43.4 Å². The molecule has 1 amide bonds. The molecule has 1 aromatic rings. The van der Waals surface area contributed by atoms with E-state index in [-0.39, 0.29) is 11.8 Å². The average Bonchev–Trinajstić information content (AvgIpc) is 3.13. The topological polar surface area (TPSA) is 62.7 Å². The normalized spacial score (nSPS) is 23.3. The van der Waals surface area contributed by atoms with Gasteiger partial charge < -0.3 is 15.4 Å². The van der Waals surface area contributed by atoms with E-state index in [4.69, 9.17) is 4.74 Å². The number of amides is 1. The van der Waals surface area contributed by atoms with Crippen molar-refractivity contribution in [2.24, 2.45) is 10.9 Å². The molecule has 128 valence electrons. The standard InChI is InChI=1S/C19H25N3O2/c1-24-16-10-12(11-21-13-5-2-3-6-13)9-15-17(16)18-14(19(23)22-15)7-4-8-20-18/h9-10,13-14,21H,2-8,11H2,1H3,(H,22,23). The second-order valence-electron chi connectivity index (χ2n) is 7.03. The lowest BCUT2D eigenvalue weighted by Gasteiger charge is -2.30. The molecule has 1 aliphatic carbocycles. The summed E-state index contributed by atoms with van der Waals surface area (Å²) in [6.07, 6.45) is 7.01. The number of nitrogens with one attached hydrogen (secondary N) is 2. The fourth-order valence-electron chi connectivity index (χ4n) is 4.16. The van der Waals surface area contributed by atoms with Crippen molar-refractivity contribution in [2.75, 3.05) is 19.0 Å². The van der Waals surface area contributed by atoms with Gasteiger partial charge in [-0.15, -0.1) is 0 Å². The van der Waals surface area contributed by atoms with Crippen molar-refractivity contribution in [1.29, 1.82) is 0 Å². The molecule has 0 radical (unpaired) electrons. The van der Waals surface area contributed by atoms with Crippen molar-refractivity contribution >= 4 is 17.3 Å². The van der Waals surface area contributed by atoms with E-state index in [2.05, 4.69) is 27.8 Å². The summed E-state index contributed by atoms with van der Waals surface area (Å²) in [5.41, 5.74) is 3.88. The van der Waals surface area contributed by atoms with Gasteiger partial charge in [0.05, 0.1) is 30.0 Å². The lowest BCUT2D eigenvalue weighted by Crippen LogP contribution is -2.38. The van der Waals surface area contributed by atoms with E-state index in [1.165, 1.54) is 25.7 Å². The Morgan fingerprint density at radius 3 is 2.88 bits per heavy atom. The lowest BCUT2D eigenvalue weighted by atomic mass is 9.84. The average molecular weight is 327 g/mol. The highest BCUT2D eigenvalue weighted by molar-refractivity contribution is 6.24. The van der Waals surface area contributed by atoms with E-state index in [0.717, 1.165) is 54.2 Å². The maximum Gasteiger partial charge on any atom is 0.233 e. The first-order valence-electron chi connectivity index (χ1n) is 9.06. The molecule has 1 fully saturated rings. The van der Waals surface area contributed by atoms with E-state index >= 15 is 0 Å². The van der Waals surface area contributed by atoms with Crippen molar-refractivity contribution in [3.63, 3.8) is 0 Å². The zero-order valence-corrected chi connectivity index (χ0v) is 14.2. The zero-order chi connectivity index (χ0) is 16.5. The number of hydrogen-bond acceptors (Lipinski definition) is 4. The van der Waals surface area contributed by atoms with Crippen molar-refractivity contribution in [3.05, 3.63) is 23.3 Å². The number of rotatable bonds is 4. The Labute approximate surface area is 142 Å². The Balaban J connectivity index is 1.64.